The summed E-state index contributed by atoms with van der Waals surface area (Å²) in [4.78, 5) is 0. The molecule has 0 amide bonds. The van der Waals surface area contributed by atoms with Crippen molar-refractivity contribution in [2.24, 2.45) is 0 Å². The number of piperidine rings is 1. The molecule has 0 radical (unpaired) electrons. The minimum Gasteiger partial charge on any atom is -0.375 e. The van der Waals surface area contributed by atoms with Crippen LogP contribution < -0.4 is 5.32 Å². The average molecular weight is 231 g/mol. The Labute approximate surface area is 103 Å². The van der Waals surface area contributed by atoms with Crippen LogP contribution in [0.25, 0.3) is 0 Å². The zero-order valence-electron chi connectivity index (χ0n) is 10.3. The minimum absolute atomic E-state index is 0.171. The molecule has 1 aromatic rings. The molecule has 2 heteroatoms. The maximum atomic E-state index is 6.12. The third kappa shape index (κ3) is 2.38. The molecule has 0 saturated carbocycles. The molecule has 1 atom stereocenters. The highest BCUT2D eigenvalue weighted by molar-refractivity contribution is 5.21. The lowest BCUT2D eigenvalue weighted by Gasteiger charge is -2.43. The largest absolute Gasteiger partial charge is 0.375 e. The monoisotopic (exact) mass is 231 g/mol. The molecule has 0 aliphatic carbocycles. The molecule has 1 aromatic carbocycles. The average Bonchev–Trinajstić information content (AvgIpc) is 2.41. The summed E-state index contributed by atoms with van der Waals surface area (Å²) in [5, 5.41) is 3.43. The van der Waals surface area contributed by atoms with Crippen molar-refractivity contribution in [3.63, 3.8) is 0 Å². The quantitative estimate of drug-likeness (QED) is 0.802. The number of benzene rings is 1. The molecule has 2 nitrogen and oxygen atoms in total. The van der Waals surface area contributed by atoms with Crippen LogP contribution in [0.15, 0.2) is 30.3 Å². The van der Waals surface area contributed by atoms with Crippen LogP contribution in [0.3, 0.4) is 0 Å². The maximum Gasteiger partial charge on any atom is 0.0712 e. The number of nitrogens with one attached hydrogen (secondary N) is 1. The second-order valence-electron chi connectivity index (χ2n) is 5.38. The van der Waals surface area contributed by atoms with Crippen molar-refractivity contribution in [2.45, 2.75) is 37.2 Å². The summed E-state index contributed by atoms with van der Waals surface area (Å²) in [7, 11) is 0. The van der Waals surface area contributed by atoms with Gasteiger partial charge in [-0.25, -0.2) is 0 Å². The van der Waals surface area contributed by atoms with Gasteiger partial charge in [0.25, 0.3) is 0 Å². The number of rotatable bonds is 1. The van der Waals surface area contributed by atoms with Gasteiger partial charge in [-0.05, 0) is 50.3 Å². The van der Waals surface area contributed by atoms with E-state index in [2.05, 4.69) is 35.6 Å². The molecule has 3 rings (SSSR count). The summed E-state index contributed by atoms with van der Waals surface area (Å²) in [5.74, 6) is 0.697. The third-order valence-electron chi connectivity index (χ3n) is 4.28. The molecule has 0 aromatic heterocycles. The summed E-state index contributed by atoms with van der Waals surface area (Å²) in [6.45, 7) is 3.16. The van der Waals surface area contributed by atoms with Crippen LogP contribution in [0.5, 0.6) is 0 Å². The molecule has 0 unspecified atom stereocenters. The van der Waals surface area contributed by atoms with E-state index in [1.165, 1.54) is 31.2 Å². The van der Waals surface area contributed by atoms with Crippen LogP contribution in [0.4, 0.5) is 0 Å². The summed E-state index contributed by atoms with van der Waals surface area (Å²) >= 11 is 0. The Balaban J connectivity index is 1.75. The first-order valence-corrected chi connectivity index (χ1v) is 6.78. The Hall–Kier alpha value is -0.860. The van der Waals surface area contributed by atoms with Crippen molar-refractivity contribution in [2.75, 3.05) is 19.7 Å². The summed E-state index contributed by atoms with van der Waals surface area (Å²) in [6, 6.07) is 10.9. The highest BCUT2D eigenvalue weighted by atomic mass is 16.5. The Bertz CT molecular complexity index is 351. The van der Waals surface area contributed by atoms with Gasteiger partial charge in [0.05, 0.1) is 5.60 Å². The first-order valence-electron chi connectivity index (χ1n) is 6.78. The van der Waals surface area contributed by atoms with E-state index in [0.717, 1.165) is 19.7 Å². The second-order valence-corrected chi connectivity index (χ2v) is 5.38. The lowest BCUT2D eigenvalue weighted by molar-refractivity contribution is -0.102. The van der Waals surface area contributed by atoms with E-state index < -0.39 is 0 Å². The van der Waals surface area contributed by atoms with Crippen molar-refractivity contribution in [1.82, 2.24) is 5.32 Å². The van der Waals surface area contributed by atoms with Gasteiger partial charge in [-0.1, -0.05) is 30.3 Å². The molecule has 1 N–H and O–H groups in total. The van der Waals surface area contributed by atoms with E-state index in [9.17, 15) is 0 Å². The molecule has 92 valence electrons. The van der Waals surface area contributed by atoms with Gasteiger partial charge in [-0.3, -0.25) is 0 Å². The lowest BCUT2D eigenvalue weighted by Crippen LogP contribution is -2.47. The van der Waals surface area contributed by atoms with Gasteiger partial charge < -0.3 is 10.1 Å². The van der Waals surface area contributed by atoms with Gasteiger partial charge in [0.15, 0.2) is 0 Å². The summed E-state index contributed by atoms with van der Waals surface area (Å²) in [6.07, 6.45) is 4.74. The first-order chi connectivity index (χ1) is 8.38. The van der Waals surface area contributed by atoms with Crippen LogP contribution in [-0.2, 0) is 4.74 Å². The van der Waals surface area contributed by atoms with E-state index >= 15 is 0 Å². The van der Waals surface area contributed by atoms with Gasteiger partial charge in [0.1, 0.15) is 0 Å². The van der Waals surface area contributed by atoms with Crippen molar-refractivity contribution in [3.05, 3.63) is 35.9 Å². The molecule has 2 aliphatic heterocycles. The van der Waals surface area contributed by atoms with E-state index in [4.69, 9.17) is 4.74 Å². The second kappa shape index (κ2) is 4.79. The molecule has 2 heterocycles. The van der Waals surface area contributed by atoms with Gasteiger partial charge in [-0.15, -0.1) is 0 Å². The van der Waals surface area contributed by atoms with Crippen LogP contribution in [0, 0.1) is 0 Å². The van der Waals surface area contributed by atoms with Crippen molar-refractivity contribution in [1.29, 1.82) is 0 Å². The predicted octanol–water partition coefficient (Wildman–Crippen LogP) is 2.70. The minimum atomic E-state index is 0.171. The number of hydrogen-bond acceptors (Lipinski definition) is 2. The summed E-state index contributed by atoms with van der Waals surface area (Å²) < 4.78 is 6.12. The highest BCUT2D eigenvalue weighted by Gasteiger charge is 2.38. The van der Waals surface area contributed by atoms with Gasteiger partial charge in [0.2, 0.25) is 0 Å². The lowest BCUT2D eigenvalue weighted by atomic mass is 9.77. The van der Waals surface area contributed by atoms with Crippen molar-refractivity contribution in [3.8, 4) is 0 Å². The predicted molar refractivity (Wildman–Crippen MR) is 69.2 cm³/mol. The Morgan fingerprint density at radius 3 is 2.65 bits per heavy atom. The maximum absolute atomic E-state index is 6.12. The SMILES string of the molecule is c1ccc([C@H]2CCOC3(CCNCC3)C2)cc1. The smallest absolute Gasteiger partial charge is 0.0712 e. The zero-order chi connectivity index (χ0) is 11.6. The Morgan fingerprint density at radius 2 is 1.88 bits per heavy atom. The number of hydrogen-bond donors (Lipinski definition) is 1. The fraction of sp³-hybridized carbons (Fsp3) is 0.600. The van der Waals surface area contributed by atoms with Gasteiger partial charge in [-0.2, -0.15) is 0 Å². The van der Waals surface area contributed by atoms with Crippen LogP contribution in [0.2, 0.25) is 0 Å². The molecule has 0 bridgehead atoms. The topological polar surface area (TPSA) is 21.3 Å². The van der Waals surface area contributed by atoms with E-state index in [1.54, 1.807) is 0 Å². The highest BCUT2D eigenvalue weighted by Crippen LogP contribution is 2.40. The van der Waals surface area contributed by atoms with Crippen molar-refractivity contribution < 1.29 is 4.74 Å². The molecule has 2 fully saturated rings. The standard InChI is InChI=1S/C15H21NO/c1-2-4-13(5-3-1)14-6-11-17-15(12-14)7-9-16-10-8-15/h1-5,14,16H,6-12H2/t14-/m0/s1. The van der Waals surface area contributed by atoms with Crippen LogP contribution >= 0.6 is 0 Å². The van der Waals surface area contributed by atoms with Gasteiger partial charge in [0, 0.05) is 6.61 Å². The molecule has 2 aliphatic rings. The fourth-order valence-electron chi connectivity index (χ4n) is 3.27. The summed E-state index contributed by atoms with van der Waals surface area (Å²) in [5.41, 5.74) is 1.66. The molecular formula is C15H21NO. The first kappa shape index (κ1) is 11.2. The van der Waals surface area contributed by atoms with Crippen molar-refractivity contribution >= 4 is 0 Å². The van der Waals surface area contributed by atoms with Gasteiger partial charge >= 0.3 is 0 Å². The zero-order valence-corrected chi connectivity index (χ0v) is 10.3. The van der Waals surface area contributed by atoms with E-state index in [-0.39, 0.29) is 5.60 Å². The van der Waals surface area contributed by atoms with Crippen LogP contribution in [0.1, 0.15) is 37.2 Å². The number of ether oxygens (including phenoxy) is 1. The third-order valence-corrected chi connectivity index (χ3v) is 4.28. The molecular weight excluding hydrogens is 210 g/mol. The molecule has 2 saturated heterocycles. The molecule has 1 spiro atoms. The fourth-order valence-corrected chi connectivity index (χ4v) is 3.27. The molecule has 17 heavy (non-hydrogen) atoms. The Morgan fingerprint density at radius 1 is 1.12 bits per heavy atom. The normalized spacial score (nSPS) is 28.1. The van der Waals surface area contributed by atoms with E-state index in [1.807, 2.05) is 0 Å². The Kier molecular flexibility index (Phi) is 3.17. The van der Waals surface area contributed by atoms with E-state index in [0.29, 0.717) is 5.92 Å². The van der Waals surface area contributed by atoms with Crippen LogP contribution in [-0.4, -0.2) is 25.3 Å².